The second-order valence-electron chi connectivity index (χ2n) is 6.60. The molecule has 1 amide bonds. The quantitative estimate of drug-likeness (QED) is 0.916. The highest BCUT2D eigenvalue weighted by molar-refractivity contribution is 5.98. The number of nitrogens with zero attached hydrogens (tertiary/aromatic N) is 2. The summed E-state index contributed by atoms with van der Waals surface area (Å²) in [5.74, 6) is 0.375. The van der Waals surface area contributed by atoms with Crippen molar-refractivity contribution in [3.05, 3.63) is 36.0 Å². The molecular formula is C19H26N2O3. The maximum Gasteiger partial charge on any atom is 0.270 e. The van der Waals surface area contributed by atoms with E-state index in [0.29, 0.717) is 32.2 Å². The number of ether oxygens (including phenoxy) is 1. The van der Waals surface area contributed by atoms with E-state index in [2.05, 4.69) is 4.57 Å². The van der Waals surface area contributed by atoms with Gasteiger partial charge in [0.05, 0.1) is 12.7 Å². The zero-order valence-electron chi connectivity index (χ0n) is 14.4. The molecule has 1 aliphatic heterocycles. The molecule has 5 nitrogen and oxygen atoms in total. The van der Waals surface area contributed by atoms with Crippen molar-refractivity contribution in [2.45, 2.75) is 32.4 Å². The summed E-state index contributed by atoms with van der Waals surface area (Å²) in [6.07, 6.45) is 1.43. The minimum absolute atomic E-state index is 0.0753. The Bertz CT molecular complexity index is 700. The summed E-state index contributed by atoms with van der Waals surface area (Å²) in [6, 6.07) is 10.0. The van der Waals surface area contributed by atoms with Crippen LogP contribution in [0.25, 0.3) is 10.9 Å². The fourth-order valence-electron chi connectivity index (χ4n) is 3.56. The summed E-state index contributed by atoms with van der Waals surface area (Å²) >= 11 is 0. The van der Waals surface area contributed by atoms with Crippen LogP contribution in [0.4, 0.5) is 0 Å². The molecule has 2 aromatic rings. The van der Waals surface area contributed by atoms with Crippen LogP contribution in [0.3, 0.4) is 0 Å². The number of aliphatic hydroxyl groups is 1. The van der Waals surface area contributed by atoms with Crippen LogP contribution in [0.15, 0.2) is 30.3 Å². The van der Waals surface area contributed by atoms with E-state index >= 15 is 0 Å². The number of benzene rings is 1. The Morgan fingerprint density at radius 3 is 2.71 bits per heavy atom. The SMILES string of the molecule is COCCn1c(C(=O)N2CCC(C(C)O)CC2)cc2ccccc21. The van der Waals surface area contributed by atoms with Gasteiger partial charge in [-0.2, -0.15) is 0 Å². The minimum atomic E-state index is -0.296. The Balaban J connectivity index is 1.84. The van der Waals surface area contributed by atoms with Gasteiger partial charge in [-0.3, -0.25) is 4.79 Å². The number of aromatic nitrogens is 1. The molecule has 24 heavy (non-hydrogen) atoms. The molecule has 1 aliphatic rings. The van der Waals surface area contributed by atoms with E-state index in [1.165, 1.54) is 0 Å². The summed E-state index contributed by atoms with van der Waals surface area (Å²) in [4.78, 5) is 14.9. The smallest absolute Gasteiger partial charge is 0.270 e. The summed E-state index contributed by atoms with van der Waals surface area (Å²) in [6.45, 7) is 4.49. The van der Waals surface area contributed by atoms with Gasteiger partial charge < -0.3 is 19.3 Å². The van der Waals surface area contributed by atoms with Crippen molar-refractivity contribution in [1.29, 1.82) is 0 Å². The molecule has 1 unspecified atom stereocenters. The van der Waals surface area contributed by atoms with Crippen LogP contribution in [0, 0.1) is 5.92 Å². The molecule has 1 atom stereocenters. The number of carbonyl (C=O) groups excluding carboxylic acids is 1. The number of hydrogen-bond acceptors (Lipinski definition) is 3. The van der Waals surface area contributed by atoms with Crippen molar-refractivity contribution in [1.82, 2.24) is 9.47 Å². The number of rotatable bonds is 5. The number of hydrogen-bond donors (Lipinski definition) is 1. The number of para-hydroxylation sites is 1. The number of amides is 1. The topological polar surface area (TPSA) is 54.7 Å². The average molecular weight is 330 g/mol. The second kappa shape index (κ2) is 7.36. The van der Waals surface area contributed by atoms with Gasteiger partial charge in [0, 0.05) is 37.6 Å². The summed E-state index contributed by atoms with van der Waals surface area (Å²) in [5, 5.41) is 10.8. The molecule has 1 N–H and O–H groups in total. The predicted octanol–water partition coefficient (Wildman–Crippen LogP) is 2.52. The third-order valence-electron chi connectivity index (χ3n) is 5.06. The van der Waals surface area contributed by atoms with Crippen molar-refractivity contribution < 1.29 is 14.6 Å². The number of carbonyl (C=O) groups is 1. The first-order valence-electron chi connectivity index (χ1n) is 8.66. The van der Waals surface area contributed by atoms with Gasteiger partial charge in [0.15, 0.2) is 0 Å². The Hall–Kier alpha value is -1.85. The van der Waals surface area contributed by atoms with Crippen LogP contribution in [0.2, 0.25) is 0 Å². The van der Waals surface area contributed by atoms with Crippen LogP contribution >= 0.6 is 0 Å². The lowest BCUT2D eigenvalue weighted by atomic mass is 9.92. The van der Waals surface area contributed by atoms with Gasteiger partial charge in [0.1, 0.15) is 5.69 Å². The predicted molar refractivity (Wildman–Crippen MR) is 94.1 cm³/mol. The summed E-state index contributed by atoms with van der Waals surface area (Å²) in [7, 11) is 1.67. The molecule has 0 aliphatic carbocycles. The molecule has 1 aromatic carbocycles. The standard InChI is InChI=1S/C19H26N2O3/c1-14(22)15-7-9-20(10-8-15)19(23)18-13-16-5-3-4-6-17(16)21(18)11-12-24-2/h3-6,13-15,22H,7-12H2,1-2H3. The van der Waals surface area contributed by atoms with Crippen LogP contribution < -0.4 is 0 Å². The van der Waals surface area contributed by atoms with Gasteiger partial charge in [-0.1, -0.05) is 18.2 Å². The van der Waals surface area contributed by atoms with Crippen molar-refractivity contribution >= 4 is 16.8 Å². The lowest BCUT2D eigenvalue weighted by Crippen LogP contribution is -2.41. The molecule has 1 aromatic heterocycles. The number of aliphatic hydroxyl groups excluding tert-OH is 1. The van der Waals surface area contributed by atoms with Crippen molar-refractivity contribution in [3.63, 3.8) is 0 Å². The molecule has 5 heteroatoms. The lowest BCUT2D eigenvalue weighted by molar-refractivity contribution is 0.0512. The molecule has 0 radical (unpaired) electrons. The Morgan fingerprint density at radius 1 is 1.33 bits per heavy atom. The monoisotopic (exact) mass is 330 g/mol. The Kier molecular flexibility index (Phi) is 5.21. The first kappa shape index (κ1) is 17.0. The number of methoxy groups -OCH3 is 1. The molecule has 0 bridgehead atoms. The van der Waals surface area contributed by atoms with Crippen LogP contribution in [0.1, 0.15) is 30.3 Å². The highest BCUT2D eigenvalue weighted by Crippen LogP contribution is 2.25. The van der Waals surface area contributed by atoms with Gasteiger partial charge >= 0.3 is 0 Å². The molecular weight excluding hydrogens is 304 g/mol. The molecule has 1 saturated heterocycles. The van der Waals surface area contributed by atoms with E-state index in [-0.39, 0.29) is 12.0 Å². The van der Waals surface area contributed by atoms with Crippen molar-refractivity contribution in [2.24, 2.45) is 5.92 Å². The molecule has 0 spiro atoms. The molecule has 2 heterocycles. The van der Waals surface area contributed by atoms with Gasteiger partial charge in [-0.15, -0.1) is 0 Å². The van der Waals surface area contributed by atoms with E-state index in [1.807, 2.05) is 42.2 Å². The lowest BCUT2D eigenvalue weighted by Gasteiger charge is -2.33. The van der Waals surface area contributed by atoms with E-state index < -0.39 is 0 Å². The van der Waals surface area contributed by atoms with Crippen LogP contribution in [0.5, 0.6) is 0 Å². The molecule has 3 rings (SSSR count). The number of likely N-dealkylation sites (tertiary alicyclic amines) is 1. The maximum atomic E-state index is 13.0. The zero-order chi connectivity index (χ0) is 17.1. The van der Waals surface area contributed by atoms with Gasteiger partial charge in [-0.05, 0) is 37.8 Å². The summed E-state index contributed by atoms with van der Waals surface area (Å²) in [5.41, 5.74) is 1.79. The first-order valence-corrected chi connectivity index (χ1v) is 8.66. The fourth-order valence-corrected chi connectivity index (χ4v) is 3.56. The highest BCUT2D eigenvalue weighted by Gasteiger charge is 2.27. The van der Waals surface area contributed by atoms with Gasteiger partial charge in [-0.25, -0.2) is 0 Å². The molecule has 130 valence electrons. The van der Waals surface area contributed by atoms with E-state index in [9.17, 15) is 9.90 Å². The Labute approximate surface area is 142 Å². The van der Waals surface area contributed by atoms with Gasteiger partial charge in [0.25, 0.3) is 5.91 Å². The minimum Gasteiger partial charge on any atom is -0.393 e. The summed E-state index contributed by atoms with van der Waals surface area (Å²) < 4.78 is 7.27. The second-order valence-corrected chi connectivity index (χ2v) is 6.60. The van der Waals surface area contributed by atoms with E-state index in [4.69, 9.17) is 4.74 Å². The zero-order valence-corrected chi connectivity index (χ0v) is 14.4. The Morgan fingerprint density at radius 2 is 2.04 bits per heavy atom. The van der Waals surface area contributed by atoms with E-state index in [0.717, 1.165) is 29.4 Å². The normalized spacial score (nSPS) is 17.4. The molecule has 0 saturated carbocycles. The van der Waals surface area contributed by atoms with Crippen LogP contribution in [-0.2, 0) is 11.3 Å². The average Bonchev–Trinajstić information content (AvgIpc) is 2.98. The largest absolute Gasteiger partial charge is 0.393 e. The number of piperidine rings is 1. The van der Waals surface area contributed by atoms with Crippen molar-refractivity contribution in [3.8, 4) is 0 Å². The number of fused-ring (bicyclic) bond motifs is 1. The maximum absolute atomic E-state index is 13.0. The highest BCUT2D eigenvalue weighted by atomic mass is 16.5. The first-order chi connectivity index (χ1) is 11.6. The third-order valence-corrected chi connectivity index (χ3v) is 5.06. The van der Waals surface area contributed by atoms with Crippen molar-refractivity contribution in [2.75, 3.05) is 26.8 Å². The molecule has 1 fully saturated rings. The fraction of sp³-hybridized carbons (Fsp3) is 0.526. The van der Waals surface area contributed by atoms with Gasteiger partial charge in [0.2, 0.25) is 0 Å². The third kappa shape index (κ3) is 3.32. The van der Waals surface area contributed by atoms with E-state index in [1.54, 1.807) is 7.11 Å². The van der Waals surface area contributed by atoms with Crippen LogP contribution in [-0.4, -0.2) is 53.4 Å².